The Balaban J connectivity index is 2.43. The number of hydrogen-bond acceptors (Lipinski definition) is 3. The highest BCUT2D eigenvalue weighted by Gasteiger charge is 2.13. The number of nitrogens with zero attached hydrogens (tertiary/aromatic N) is 4. The molecule has 2 heterocycles. The Morgan fingerprint density at radius 3 is 2.82 bits per heavy atom. The molecule has 0 spiro atoms. The standard InChI is InChI=1S/C11H13BrN4O/c1-3-15-9(11(12)8(2)14-15)7-16-10(17)5-4-6-13-16/h4-6H,3,7H2,1-2H3. The van der Waals surface area contributed by atoms with Crippen LogP contribution in [0.3, 0.4) is 0 Å². The Morgan fingerprint density at radius 2 is 2.18 bits per heavy atom. The first kappa shape index (κ1) is 12.0. The van der Waals surface area contributed by atoms with Crippen molar-refractivity contribution < 1.29 is 0 Å². The summed E-state index contributed by atoms with van der Waals surface area (Å²) < 4.78 is 4.24. The van der Waals surface area contributed by atoms with E-state index in [0.29, 0.717) is 6.54 Å². The van der Waals surface area contributed by atoms with Gasteiger partial charge in [-0.1, -0.05) is 0 Å². The van der Waals surface area contributed by atoms with Crippen LogP contribution < -0.4 is 5.56 Å². The van der Waals surface area contributed by atoms with Crippen molar-refractivity contribution in [2.45, 2.75) is 26.9 Å². The zero-order valence-corrected chi connectivity index (χ0v) is 11.3. The third kappa shape index (κ3) is 2.31. The zero-order chi connectivity index (χ0) is 12.4. The summed E-state index contributed by atoms with van der Waals surface area (Å²) in [5.41, 5.74) is 1.78. The number of hydrogen-bond donors (Lipinski definition) is 0. The quantitative estimate of drug-likeness (QED) is 0.864. The van der Waals surface area contributed by atoms with Gasteiger partial charge in [0, 0.05) is 18.8 Å². The lowest BCUT2D eigenvalue weighted by atomic mass is 10.3. The van der Waals surface area contributed by atoms with Gasteiger partial charge in [0.05, 0.1) is 22.4 Å². The molecular formula is C11H13BrN4O. The maximum Gasteiger partial charge on any atom is 0.267 e. The molecule has 0 saturated heterocycles. The molecule has 0 aliphatic carbocycles. The van der Waals surface area contributed by atoms with E-state index in [1.165, 1.54) is 10.7 Å². The number of aromatic nitrogens is 4. The molecule has 2 rings (SSSR count). The highest BCUT2D eigenvalue weighted by atomic mass is 79.9. The van der Waals surface area contributed by atoms with Crippen LogP contribution in [0.1, 0.15) is 18.3 Å². The molecule has 17 heavy (non-hydrogen) atoms. The summed E-state index contributed by atoms with van der Waals surface area (Å²) in [5, 5.41) is 8.42. The molecule has 5 nitrogen and oxygen atoms in total. The second-order valence-corrected chi connectivity index (χ2v) is 4.47. The van der Waals surface area contributed by atoms with E-state index in [1.807, 2.05) is 18.5 Å². The minimum atomic E-state index is -0.110. The summed E-state index contributed by atoms with van der Waals surface area (Å²) in [6.07, 6.45) is 1.61. The molecular weight excluding hydrogens is 284 g/mol. The van der Waals surface area contributed by atoms with E-state index in [2.05, 4.69) is 26.1 Å². The van der Waals surface area contributed by atoms with Gasteiger partial charge >= 0.3 is 0 Å². The van der Waals surface area contributed by atoms with Gasteiger partial charge in [-0.2, -0.15) is 10.2 Å². The minimum Gasteiger partial charge on any atom is -0.268 e. The Kier molecular flexibility index (Phi) is 3.42. The van der Waals surface area contributed by atoms with Crippen molar-refractivity contribution in [2.75, 3.05) is 0 Å². The summed E-state index contributed by atoms with van der Waals surface area (Å²) in [6, 6.07) is 3.14. The van der Waals surface area contributed by atoms with E-state index in [9.17, 15) is 4.79 Å². The van der Waals surface area contributed by atoms with Crippen LogP contribution >= 0.6 is 15.9 Å². The molecule has 0 bridgehead atoms. The lowest BCUT2D eigenvalue weighted by Gasteiger charge is -2.06. The van der Waals surface area contributed by atoms with Crippen LogP contribution in [-0.4, -0.2) is 19.6 Å². The van der Waals surface area contributed by atoms with E-state index in [4.69, 9.17) is 0 Å². The SMILES string of the molecule is CCn1nc(C)c(Br)c1Cn1ncccc1=O. The lowest BCUT2D eigenvalue weighted by Crippen LogP contribution is -2.23. The maximum atomic E-state index is 11.6. The van der Waals surface area contributed by atoms with Crippen LogP contribution in [0.15, 0.2) is 27.6 Å². The average Bonchev–Trinajstić information content (AvgIpc) is 2.59. The van der Waals surface area contributed by atoms with Crippen molar-refractivity contribution in [3.8, 4) is 0 Å². The minimum absolute atomic E-state index is 0.110. The first-order valence-corrected chi connectivity index (χ1v) is 6.16. The van der Waals surface area contributed by atoms with Crippen molar-refractivity contribution >= 4 is 15.9 Å². The van der Waals surface area contributed by atoms with Gasteiger partial charge in [0.2, 0.25) is 0 Å². The molecule has 2 aromatic heterocycles. The monoisotopic (exact) mass is 296 g/mol. The van der Waals surface area contributed by atoms with E-state index < -0.39 is 0 Å². The molecule has 0 radical (unpaired) electrons. The van der Waals surface area contributed by atoms with E-state index in [1.54, 1.807) is 12.3 Å². The Bertz CT molecular complexity index is 587. The van der Waals surface area contributed by atoms with Gasteiger partial charge in [-0.05, 0) is 35.8 Å². The topological polar surface area (TPSA) is 52.7 Å². The first-order valence-electron chi connectivity index (χ1n) is 5.37. The predicted octanol–water partition coefficient (Wildman–Crippen LogP) is 1.58. The van der Waals surface area contributed by atoms with Crippen LogP contribution in [0, 0.1) is 6.92 Å². The van der Waals surface area contributed by atoms with Crippen LogP contribution in [0.25, 0.3) is 0 Å². The summed E-state index contributed by atoms with van der Waals surface area (Å²) in [7, 11) is 0. The van der Waals surface area contributed by atoms with Crippen LogP contribution in [-0.2, 0) is 13.1 Å². The summed E-state index contributed by atoms with van der Waals surface area (Å²) in [6.45, 7) is 5.14. The van der Waals surface area contributed by atoms with Gasteiger partial charge in [-0.15, -0.1) is 0 Å². The smallest absolute Gasteiger partial charge is 0.267 e. The highest BCUT2D eigenvalue weighted by Crippen LogP contribution is 2.21. The fourth-order valence-corrected chi connectivity index (χ4v) is 2.08. The molecule has 6 heteroatoms. The summed E-state index contributed by atoms with van der Waals surface area (Å²) in [4.78, 5) is 11.6. The maximum absolute atomic E-state index is 11.6. The predicted molar refractivity (Wildman–Crippen MR) is 67.9 cm³/mol. The van der Waals surface area contributed by atoms with Crippen LogP contribution in [0.2, 0.25) is 0 Å². The van der Waals surface area contributed by atoms with E-state index >= 15 is 0 Å². The van der Waals surface area contributed by atoms with Crippen molar-refractivity contribution in [2.24, 2.45) is 0 Å². The third-order valence-electron chi connectivity index (χ3n) is 2.54. The lowest BCUT2D eigenvalue weighted by molar-refractivity contribution is 0.558. The van der Waals surface area contributed by atoms with Gasteiger partial charge in [0.1, 0.15) is 0 Å². The fraction of sp³-hybridized carbons (Fsp3) is 0.364. The molecule has 0 fully saturated rings. The van der Waals surface area contributed by atoms with Crippen LogP contribution in [0.5, 0.6) is 0 Å². The molecule has 0 atom stereocenters. The Morgan fingerprint density at radius 1 is 1.41 bits per heavy atom. The average molecular weight is 297 g/mol. The number of halogens is 1. The van der Waals surface area contributed by atoms with E-state index in [-0.39, 0.29) is 5.56 Å². The molecule has 0 N–H and O–H groups in total. The molecule has 0 saturated carbocycles. The molecule has 0 aliphatic heterocycles. The molecule has 0 unspecified atom stereocenters. The first-order chi connectivity index (χ1) is 8.13. The Labute approximate surface area is 107 Å². The summed E-state index contributed by atoms with van der Waals surface area (Å²) in [5.74, 6) is 0. The third-order valence-corrected chi connectivity index (χ3v) is 3.57. The van der Waals surface area contributed by atoms with Crippen molar-refractivity contribution in [3.05, 3.63) is 44.5 Å². The van der Waals surface area contributed by atoms with Gasteiger partial charge in [0.25, 0.3) is 5.56 Å². The van der Waals surface area contributed by atoms with E-state index in [0.717, 1.165) is 22.4 Å². The van der Waals surface area contributed by atoms with Gasteiger partial charge < -0.3 is 0 Å². The molecule has 2 aromatic rings. The van der Waals surface area contributed by atoms with Gasteiger partial charge in [-0.25, -0.2) is 4.68 Å². The number of rotatable bonds is 3. The normalized spacial score (nSPS) is 10.8. The van der Waals surface area contributed by atoms with Crippen molar-refractivity contribution in [1.82, 2.24) is 19.6 Å². The second kappa shape index (κ2) is 4.83. The molecule has 90 valence electrons. The second-order valence-electron chi connectivity index (χ2n) is 3.68. The Hall–Kier alpha value is -1.43. The van der Waals surface area contributed by atoms with Gasteiger partial charge in [0.15, 0.2) is 0 Å². The fourth-order valence-electron chi connectivity index (χ4n) is 1.67. The summed E-state index contributed by atoms with van der Waals surface area (Å²) >= 11 is 3.50. The molecule has 0 amide bonds. The van der Waals surface area contributed by atoms with Crippen LogP contribution in [0.4, 0.5) is 0 Å². The largest absolute Gasteiger partial charge is 0.268 e. The number of aryl methyl sites for hydroxylation is 2. The highest BCUT2D eigenvalue weighted by molar-refractivity contribution is 9.10. The molecule has 0 aromatic carbocycles. The van der Waals surface area contributed by atoms with Gasteiger partial charge in [-0.3, -0.25) is 9.48 Å². The molecule has 0 aliphatic rings. The van der Waals surface area contributed by atoms with Crippen molar-refractivity contribution in [3.63, 3.8) is 0 Å². The van der Waals surface area contributed by atoms with Crippen molar-refractivity contribution in [1.29, 1.82) is 0 Å². The zero-order valence-electron chi connectivity index (χ0n) is 9.72.